The maximum atomic E-state index is 12.6. The molecule has 0 atom stereocenters. The zero-order valence-electron chi connectivity index (χ0n) is 13.9. The van der Waals surface area contributed by atoms with E-state index in [2.05, 4.69) is 25.2 Å². The Labute approximate surface area is 141 Å². The smallest absolute Gasteiger partial charge is 0.187 e. The number of allylic oxidation sites excluding steroid dienone is 1. The molecule has 0 saturated carbocycles. The zero-order valence-corrected chi connectivity index (χ0v) is 13.9. The first-order chi connectivity index (χ1) is 11.4. The summed E-state index contributed by atoms with van der Waals surface area (Å²) >= 11 is 0. The third kappa shape index (κ3) is 2.77. The molecule has 2 aromatic rings. The van der Waals surface area contributed by atoms with Crippen LogP contribution < -0.4 is 10.1 Å². The first-order valence-electron chi connectivity index (χ1n) is 7.68. The maximum absolute atomic E-state index is 12.6. The number of carbonyl (C=O) groups is 1. The number of hydrogen-bond acceptors (Lipinski definition) is 4. The van der Waals surface area contributed by atoms with E-state index in [1.807, 2.05) is 18.2 Å². The number of nitrogens with zero attached hydrogens (tertiary/aromatic N) is 1. The Morgan fingerprint density at radius 1 is 1.25 bits per heavy atom. The number of ether oxygens (including phenoxy) is 1. The van der Waals surface area contributed by atoms with Gasteiger partial charge in [-0.05, 0) is 43.7 Å². The Bertz CT molecular complexity index is 889. The van der Waals surface area contributed by atoms with Gasteiger partial charge >= 0.3 is 0 Å². The minimum absolute atomic E-state index is 0.138. The Balaban J connectivity index is 2.03. The average Bonchev–Trinajstić information content (AvgIpc) is 2.84. The van der Waals surface area contributed by atoms with Crippen molar-refractivity contribution in [1.29, 1.82) is 5.26 Å². The number of carbonyl (C=O) groups excluding carboxylic acids is 1. The highest BCUT2D eigenvalue weighted by atomic mass is 16.5. The number of nitriles is 1. The number of ketones is 1. The molecule has 0 aromatic heterocycles. The monoisotopic (exact) mass is 318 g/mol. The van der Waals surface area contributed by atoms with E-state index in [0.717, 1.165) is 22.6 Å². The van der Waals surface area contributed by atoms with Gasteiger partial charge < -0.3 is 10.1 Å². The molecule has 0 aliphatic carbocycles. The Kier molecular flexibility index (Phi) is 3.86. The van der Waals surface area contributed by atoms with Gasteiger partial charge in [0.25, 0.3) is 0 Å². The number of hydrogen-bond donors (Lipinski definition) is 1. The van der Waals surface area contributed by atoms with Gasteiger partial charge in [0.15, 0.2) is 5.78 Å². The van der Waals surface area contributed by atoms with Gasteiger partial charge in [-0.15, -0.1) is 0 Å². The molecule has 4 heteroatoms. The van der Waals surface area contributed by atoms with Crippen LogP contribution in [-0.2, 0) is 5.54 Å². The lowest BCUT2D eigenvalue weighted by Gasteiger charge is -2.20. The molecule has 0 amide bonds. The molecule has 0 spiro atoms. The van der Waals surface area contributed by atoms with Crippen molar-refractivity contribution in [1.82, 2.24) is 5.32 Å². The van der Waals surface area contributed by atoms with Crippen LogP contribution in [0.1, 0.15) is 40.9 Å². The van der Waals surface area contributed by atoms with Crippen LogP contribution in [0.5, 0.6) is 5.75 Å². The lowest BCUT2D eigenvalue weighted by molar-refractivity contribution is 0.104. The second-order valence-corrected chi connectivity index (χ2v) is 6.28. The minimum Gasteiger partial charge on any atom is -0.497 e. The number of fused-ring (bicyclic) bond motifs is 1. The SMILES string of the molecule is COc1ccc2c(c1)/C(=C/C(=O)c1cccc(C#N)c1)NC2(C)C. The Morgan fingerprint density at radius 3 is 2.75 bits per heavy atom. The van der Waals surface area contributed by atoms with Gasteiger partial charge in [0, 0.05) is 22.9 Å². The van der Waals surface area contributed by atoms with Crippen molar-refractivity contribution in [2.45, 2.75) is 19.4 Å². The zero-order chi connectivity index (χ0) is 17.3. The molecule has 0 radical (unpaired) electrons. The molecule has 0 fully saturated rings. The molecule has 0 unspecified atom stereocenters. The Morgan fingerprint density at radius 2 is 2.04 bits per heavy atom. The van der Waals surface area contributed by atoms with Crippen LogP contribution in [0.3, 0.4) is 0 Å². The summed E-state index contributed by atoms with van der Waals surface area (Å²) in [6.07, 6.45) is 1.59. The van der Waals surface area contributed by atoms with Gasteiger partial charge in [-0.1, -0.05) is 18.2 Å². The van der Waals surface area contributed by atoms with Crippen LogP contribution in [-0.4, -0.2) is 12.9 Å². The highest BCUT2D eigenvalue weighted by Gasteiger charge is 2.33. The first kappa shape index (κ1) is 15.8. The van der Waals surface area contributed by atoms with E-state index in [4.69, 9.17) is 10.00 Å². The molecule has 4 nitrogen and oxygen atoms in total. The van der Waals surface area contributed by atoms with Gasteiger partial charge in [-0.25, -0.2) is 0 Å². The van der Waals surface area contributed by atoms with E-state index in [1.54, 1.807) is 37.5 Å². The fourth-order valence-corrected chi connectivity index (χ4v) is 2.96. The van der Waals surface area contributed by atoms with Crippen molar-refractivity contribution in [3.63, 3.8) is 0 Å². The lowest BCUT2D eigenvalue weighted by atomic mass is 9.94. The van der Waals surface area contributed by atoms with Crippen LogP contribution in [0, 0.1) is 11.3 Å². The normalized spacial score (nSPS) is 16.2. The van der Waals surface area contributed by atoms with Gasteiger partial charge in [0.05, 0.1) is 24.3 Å². The molecule has 120 valence electrons. The number of rotatable bonds is 3. The summed E-state index contributed by atoms with van der Waals surface area (Å²) in [4.78, 5) is 12.6. The van der Waals surface area contributed by atoms with Crippen LogP contribution in [0.4, 0.5) is 0 Å². The van der Waals surface area contributed by atoms with Gasteiger partial charge in [0.1, 0.15) is 5.75 Å². The third-order valence-corrected chi connectivity index (χ3v) is 4.19. The first-order valence-corrected chi connectivity index (χ1v) is 7.68. The minimum atomic E-state index is -0.262. The molecular weight excluding hydrogens is 300 g/mol. The number of benzene rings is 2. The number of nitrogens with one attached hydrogen (secondary N) is 1. The van der Waals surface area contributed by atoms with Crippen LogP contribution in [0.15, 0.2) is 48.5 Å². The van der Waals surface area contributed by atoms with Crippen LogP contribution in [0.25, 0.3) is 5.70 Å². The maximum Gasteiger partial charge on any atom is 0.187 e. The Hall–Kier alpha value is -3.06. The largest absolute Gasteiger partial charge is 0.497 e. The van der Waals surface area contributed by atoms with Gasteiger partial charge in [-0.3, -0.25) is 4.79 Å². The highest BCUT2D eigenvalue weighted by Crippen LogP contribution is 2.38. The van der Waals surface area contributed by atoms with E-state index >= 15 is 0 Å². The number of methoxy groups -OCH3 is 1. The summed E-state index contributed by atoms with van der Waals surface area (Å²) in [5.41, 5.74) is 3.56. The van der Waals surface area contributed by atoms with Crippen molar-refractivity contribution in [2.75, 3.05) is 7.11 Å². The summed E-state index contributed by atoms with van der Waals surface area (Å²) in [6, 6.07) is 14.6. The fraction of sp³-hybridized carbons (Fsp3) is 0.200. The predicted molar refractivity (Wildman–Crippen MR) is 92.6 cm³/mol. The fourth-order valence-electron chi connectivity index (χ4n) is 2.96. The predicted octanol–water partition coefficient (Wildman–Crippen LogP) is 3.63. The summed E-state index contributed by atoms with van der Waals surface area (Å²) < 4.78 is 5.30. The quantitative estimate of drug-likeness (QED) is 0.693. The van der Waals surface area contributed by atoms with E-state index < -0.39 is 0 Å². The molecule has 1 aliphatic rings. The van der Waals surface area contributed by atoms with E-state index in [-0.39, 0.29) is 11.3 Å². The van der Waals surface area contributed by atoms with E-state index in [0.29, 0.717) is 11.1 Å². The van der Waals surface area contributed by atoms with Crippen molar-refractivity contribution < 1.29 is 9.53 Å². The standard InChI is InChI=1S/C20H18N2O2/c1-20(2)17-8-7-15(24-3)10-16(17)18(22-20)11-19(23)14-6-4-5-13(9-14)12-21/h4-11,22H,1-3H3/b18-11-. The molecule has 2 aromatic carbocycles. The van der Waals surface area contributed by atoms with Crippen LogP contribution in [0.2, 0.25) is 0 Å². The molecule has 1 aliphatic heterocycles. The summed E-state index contributed by atoms with van der Waals surface area (Å²) in [5, 5.41) is 12.4. The second-order valence-electron chi connectivity index (χ2n) is 6.28. The molecule has 3 rings (SSSR count). The van der Waals surface area contributed by atoms with Crippen molar-refractivity contribution >= 4 is 11.5 Å². The van der Waals surface area contributed by atoms with Gasteiger partial charge in [-0.2, -0.15) is 5.26 Å². The molecule has 1 N–H and O–H groups in total. The van der Waals surface area contributed by atoms with Crippen molar-refractivity contribution in [3.05, 3.63) is 70.8 Å². The third-order valence-electron chi connectivity index (χ3n) is 4.19. The molecule has 0 saturated heterocycles. The highest BCUT2D eigenvalue weighted by molar-refractivity contribution is 6.09. The van der Waals surface area contributed by atoms with Gasteiger partial charge in [0.2, 0.25) is 0 Å². The topological polar surface area (TPSA) is 62.1 Å². The lowest BCUT2D eigenvalue weighted by Crippen LogP contribution is -2.28. The van der Waals surface area contributed by atoms with Crippen molar-refractivity contribution in [2.24, 2.45) is 0 Å². The van der Waals surface area contributed by atoms with Crippen LogP contribution >= 0.6 is 0 Å². The molecule has 0 bridgehead atoms. The molecule has 1 heterocycles. The van der Waals surface area contributed by atoms with E-state index in [9.17, 15) is 4.79 Å². The summed E-state index contributed by atoms with van der Waals surface area (Å²) in [5.74, 6) is 0.610. The van der Waals surface area contributed by atoms with E-state index in [1.165, 1.54) is 0 Å². The summed E-state index contributed by atoms with van der Waals surface area (Å²) in [7, 11) is 1.62. The second kappa shape index (κ2) is 5.86. The molecular formula is C20H18N2O2. The van der Waals surface area contributed by atoms with Crippen molar-refractivity contribution in [3.8, 4) is 11.8 Å². The molecule has 24 heavy (non-hydrogen) atoms. The average molecular weight is 318 g/mol. The summed E-state index contributed by atoms with van der Waals surface area (Å²) in [6.45, 7) is 4.14.